The minimum Gasteiger partial charge on any atom is -0.397 e. The molecule has 0 aliphatic rings. The molecular formula is C43H62N6O2. The first-order valence-electron chi connectivity index (χ1n) is 17.0. The van der Waals surface area contributed by atoms with Gasteiger partial charge in [-0.1, -0.05) is 7.43 Å². The Bertz CT molecular complexity index is 1820. The third-order valence-corrected chi connectivity index (χ3v) is 10.7. The zero-order valence-electron chi connectivity index (χ0n) is 33.8. The summed E-state index contributed by atoms with van der Waals surface area (Å²) in [5.41, 5.74) is 36.5. The Morgan fingerprint density at radius 1 is 0.333 bits per heavy atom. The van der Waals surface area contributed by atoms with Gasteiger partial charge < -0.3 is 11.5 Å². The van der Waals surface area contributed by atoms with Crippen LogP contribution in [0.1, 0.15) is 111 Å². The van der Waals surface area contributed by atoms with Crippen LogP contribution in [0.5, 0.6) is 0 Å². The minimum atomic E-state index is -0.380. The molecule has 0 radical (unpaired) electrons. The van der Waals surface area contributed by atoms with Gasteiger partial charge in [-0.2, -0.15) is 0 Å². The van der Waals surface area contributed by atoms with Crippen molar-refractivity contribution in [2.75, 3.05) is 11.5 Å². The molecular weight excluding hydrogens is 633 g/mol. The van der Waals surface area contributed by atoms with Crippen LogP contribution in [-0.2, 0) is 9.59 Å². The zero-order chi connectivity index (χ0) is 38.7. The van der Waals surface area contributed by atoms with Crippen molar-refractivity contribution in [3.63, 3.8) is 0 Å². The fourth-order valence-electron chi connectivity index (χ4n) is 5.46. The van der Waals surface area contributed by atoms with E-state index in [-0.39, 0.29) is 19.0 Å². The van der Waals surface area contributed by atoms with Crippen LogP contribution in [0.25, 0.3) is 22.1 Å². The summed E-state index contributed by atoms with van der Waals surface area (Å²) in [5, 5.41) is 0. The van der Waals surface area contributed by atoms with Crippen molar-refractivity contribution in [3.8, 4) is 0 Å². The topological polar surface area (TPSA) is 138 Å². The standard InChI is InChI=1S/2C14H18N2.C10H16N2.C4H6O2.CH4/c2*1-7-8(2)10(4)14-13(9(7)3)15-11(5)12(6)16-14;1-5-6(2)8(4)10(12)9(11)7(5)3;1-3(5)4(2)6;/h2*1-6H3;11-12H2,1-4H3;1-2H3;1H4. The van der Waals surface area contributed by atoms with Crippen LogP contribution in [0.2, 0.25) is 0 Å². The van der Waals surface area contributed by atoms with Gasteiger partial charge in [0, 0.05) is 13.8 Å². The van der Waals surface area contributed by atoms with Crippen molar-refractivity contribution < 1.29 is 9.59 Å². The van der Waals surface area contributed by atoms with Crippen LogP contribution in [0.4, 0.5) is 11.4 Å². The van der Waals surface area contributed by atoms with E-state index in [1.54, 1.807) is 0 Å². The second-order valence-corrected chi connectivity index (χ2v) is 13.6. The maximum atomic E-state index is 9.79. The molecule has 3 aromatic carbocycles. The van der Waals surface area contributed by atoms with Gasteiger partial charge in [0.05, 0.1) is 56.2 Å². The van der Waals surface area contributed by atoms with Gasteiger partial charge in [0.1, 0.15) is 0 Å². The summed E-state index contributed by atoms with van der Waals surface area (Å²) in [6.07, 6.45) is 0. The van der Waals surface area contributed by atoms with Gasteiger partial charge in [0.25, 0.3) is 0 Å². The molecule has 0 aliphatic carbocycles. The first-order valence-corrected chi connectivity index (χ1v) is 17.0. The van der Waals surface area contributed by atoms with E-state index in [0.717, 1.165) is 67.3 Å². The number of nitrogens with two attached hydrogens (primary N) is 2. The molecule has 51 heavy (non-hydrogen) atoms. The van der Waals surface area contributed by atoms with E-state index in [0.29, 0.717) is 0 Å². The van der Waals surface area contributed by atoms with Crippen LogP contribution in [0, 0.1) is 111 Å². The lowest BCUT2D eigenvalue weighted by Gasteiger charge is -2.14. The molecule has 276 valence electrons. The maximum absolute atomic E-state index is 9.79. The van der Waals surface area contributed by atoms with Crippen molar-refractivity contribution >= 4 is 45.0 Å². The highest BCUT2D eigenvalue weighted by Crippen LogP contribution is 2.30. The lowest BCUT2D eigenvalue weighted by atomic mass is 9.96. The quantitative estimate of drug-likeness (QED) is 0.131. The van der Waals surface area contributed by atoms with E-state index in [9.17, 15) is 9.59 Å². The fourth-order valence-corrected chi connectivity index (χ4v) is 5.46. The second-order valence-electron chi connectivity index (χ2n) is 13.6. The lowest BCUT2D eigenvalue weighted by Crippen LogP contribution is -2.04. The third kappa shape index (κ3) is 9.34. The molecule has 0 saturated heterocycles. The number of Topliss-reactive ketones (excluding diaryl/α,β-unsaturated/α-hetero) is 2. The molecule has 0 bridgehead atoms. The highest BCUT2D eigenvalue weighted by Gasteiger charge is 2.14. The van der Waals surface area contributed by atoms with E-state index in [2.05, 4.69) is 89.2 Å². The SMILES string of the molecule is C.CC(=O)C(C)=O.Cc1c(C)c(C)c(N)c(N)c1C.Cc1nc2c(C)c(C)c(C)c(C)c2nc1C.Cc1nc2c(C)c(C)c(C)c(C)c2nc1C. The molecule has 0 fully saturated rings. The summed E-state index contributed by atoms with van der Waals surface area (Å²) in [5.74, 6) is -0.759. The van der Waals surface area contributed by atoms with Crippen LogP contribution in [0.3, 0.4) is 0 Å². The number of rotatable bonds is 1. The summed E-state index contributed by atoms with van der Waals surface area (Å²) >= 11 is 0. The van der Waals surface area contributed by atoms with Crippen LogP contribution >= 0.6 is 0 Å². The van der Waals surface area contributed by atoms with Gasteiger partial charge in [0.2, 0.25) is 0 Å². The number of aromatic nitrogens is 4. The molecule has 0 saturated carbocycles. The van der Waals surface area contributed by atoms with Crippen LogP contribution in [-0.4, -0.2) is 31.5 Å². The Labute approximate surface area is 306 Å². The largest absolute Gasteiger partial charge is 0.397 e. The number of fused-ring (bicyclic) bond motifs is 2. The Morgan fingerprint density at radius 3 is 0.647 bits per heavy atom. The van der Waals surface area contributed by atoms with Crippen molar-refractivity contribution in [1.82, 2.24) is 19.9 Å². The summed E-state index contributed by atoms with van der Waals surface area (Å²) in [7, 11) is 0. The number of hydrogen-bond acceptors (Lipinski definition) is 8. The highest BCUT2D eigenvalue weighted by molar-refractivity contribution is 6.35. The summed E-state index contributed by atoms with van der Waals surface area (Å²) in [4.78, 5) is 38.3. The second kappa shape index (κ2) is 17.5. The first-order chi connectivity index (χ1) is 23.0. The summed E-state index contributed by atoms with van der Waals surface area (Å²) in [6, 6.07) is 0. The van der Waals surface area contributed by atoms with Crippen molar-refractivity contribution in [1.29, 1.82) is 0 Å². The predicted molar refractivity (Wildman–Crippen MR) is 218 cm³/mol. The van der Waals surface area contributed by atoms with Gasteiger partial charge in [-0.25, -0.2) is 19.9 Å². The number of anilines is 2. The molecule has 2 aromatic heterocycles. The fraction of sp³-hybridized carbons (Fsp3) is 0.442. The highest BCUT2D eigenvalue weighted by atomic mass is 16.2. The van der Waals surface area contributed by atoms with Crippen molar-refractivity contribution in [3.05, 3.63) is 89.5 Å². The van der Waals surface area contributed by atoms with E-state index in [1.807, 2.05) is 41.5 Å². The lowest BCUT2D eigenvalue weighted by molar-refractivity contribution is -0.134. The zero-order valence-corrected chi connectivity index (χ0v) is 33.8. The number of ketones is 2. The Morgan fingerprint density at radius 2 is 0.490 bits per heavy atom. The molecule has 0 aliphatic heterocycles. The monoisotopic (exact) mass is 694 g/mol. The van der Waals surface area contributed by atoms with Gasteiger partial charge in [-0.15, -0.1) is 0 Å². The van der Waals surface area contributed by atoms with Gasteiger partial charge in [0.15, 0.2) is 11.6 Å². The molecule has 0 atom stereocenters. The Balaban J connectivity index is 0.000000355. The molecule has 0 amide bonds. The van der Waals surface area contributed by atoms with E-state index in [1.165, 1.54) is 69.5 Å². The average Bonchev–Trinajstić information content (AvgIpc) is 3.08. The van der Waals surface area contributed by atoms with E-state index >= 15 is 0 Å². The van der Waals surface area contributed by atoms with Crippen LogP contribution < -0.4 is 11.5 Å². The maximum Gasteiger partial charge on any atom is 0.195 e. The third-order valence-electron chi connectivity index (χ3n) is 10.7. The Kier molecular flexibility index (Phi) is 15.2. The minimum absolute atomic E-state index is 0. The average molecular weight is 695 g/mol. The molecule has 0 unspecified atom stereocenters. The van der Waals surface area contributed by atoms with Gasteiger partial charge in [-0.3, -0.25) is 9.59 Å². The van der Waals surface area contributed by atoms with Gasteiger partial charge >= 0.3 is 0 Å². The molecule has 4 N–H and O–H groups in total. The number of nitrogen functional groups attached to an aromatic ring is 2. The number of carbonyl (C=O) groups excluding carboxylic acids is 2. The molecule has 5 aromatic rings. The number of nitrogens with zero attached hydrogens (tertiary/aromatic N) is 4. The van der Waals surface area contributed by atoms with Crippen molar-refractivity contribution in [2.24, 2.45) is 0 Å². The number of aryl methyl sites for hydroxylation is 8. The van der Waals surface area contributed by atoms with E-state index < -0.39 is 0 Å². The predicted octanol–water partition coefficient (Wildman–Crippen LogP) is 9.85. The first kappa shape index (κ1) is 44.3. The number of carbonyl (C=O) groups is 2. The smallest absolute Gasteiger partial charge is 0.195 e. The van der Waals surface area contributed by atoms with Crippen molar-refractivity contribution in [2.45, 2.75) is 132 Å². The summed E-state index contributed by atoms with van der Waals surface area (Å²) < 4.78 is 0. The molecule has 2 heterocycles. The molecule has 5 rings (SSSR count). The molecule has 8 heteroatoms. The number of hydrogen-bond donors (Lipinski definition) is 2. The normalized spacial score (nSPS) is 10.3. The number of benzene rings is 3. The molecule has 8 nitrogen and oxygen atoms in total. The van der Waals surface area contributed by atoms with Crippen LogP contribution in [0.15, 0.2) is 0 Å². The summed E-state index contributed by atoms with van der Waals surface area (Å²) in [6.45, 7) is 35.9. The van der Waals surface area contributed by atoms with Gasteiger partial charge in [-0.05, 0) is 178 Å². The molecule has 0 spiro atoms. The Hall–Kier alpha value is -4.72. The van der Waals surface area contributed by atoms with E-state index in [4.69, 9.17) is 11.5 Å².